The predicted molar refractivity (Wildman–Crippen MR) is 79.0 cm³/mol. The maximum absolute atomic E-state index is 10.5. The molecule has 2 aliphatic heterocycles. The summed E-state index contributed by atoms with van der Waals surface area (Å²) in [6, 6.07) is 0. The average molecular weight is 277 g/mol. The van der Waals surface area contributed by atoms with Gasteiger partial charge in [-0.2, -0.15) is 0 Å². The normalized spacial score (nSPS) is 32.9. The van der Waals surface area contributed by atoms with Crippen molar-refractivity contribution < 1.29 is 9.84 Å². The lowest BCUT2D eigenvalue weighted by Gasteiger charge is -2.47. The molecule has 3 N–H and O–H groups in total. The maximum Gasteiger partial charge on any atom is 0.218 e. The van der Waals surface area contributed by atoms with Crippen LogP contribution in [-0.4, -0.2) is 35.4 Å². The molecule has 5 nitrogen and oxygen atoms in total. The molecule has 5 heteroatoms. The summed E-state index contributed by atoms with van der Waals surface area (Å²) in [5, 5.41) is 10.5. The fourth-order valence-corrected chi connectivity index (χ4v) is 3.29. The van der Waals surface area contributed by atoms with Gasteiger partial charge in [0.25, 0.3) is 0 Å². The SMILES string of the molecule is C[C@@H]1CN(c2c(N)cnc3c2CCO3)C[C@H](C)[C@]1(C)O. The fraction of sp³-hybridized carbons (Fsp3) is 0.667. The molecule has 0 unspecified atom stereocenters. The van der Waals surface area contributed by atoms with Gasteiger partial charge >= 0.3 is 0 Å². The van der Waals surface area contributed by atoms with E-state index in [1.54, 1.807) is 6.20 Å². The molecular weight excluding hydrogens is 254 g/mol. The summed E-state index contributed by atoms with van der Waals surface area (Å²) < 4.78 is 5.54. The number of ether oxygens (including phenoxy) is 1. The van der Waals surface area contributed by atoms with Gasteiger partial charge in [0, 0.05) is 36.9 Å². The maximum atomic E-state index is 10.5. The van der Waals surface area contributed by atoms with Crippen LogP contribution in [0.25, 0.3) is 0 Å². The highest BCUT2D eigenvalue weighted by molar-refractivity contribution is 5.73. The number of nitrogen functional groups attached to an aromatic ring is 1. The van der Waals surface area contributed by atoms with Crippen molar-refractivity contribution in [2.45, 2.75) is 32.8 Å². The number of nitrogens with two attached hydrogens (primary N) is 1. The van der Waals surface area contributed by atoms with Crippen LogP contribution in [0.15, 0.2) is 6.20 Å². The zero-order valence-corrected chi connectivity index (χ0v) is 12.4. The van der Waals surface area contributed by atoms with Crippen molar-refractivity contribution in [3.05, 3.63) is 11.8 Å². The Hall–Kier alpha value is -1.49. The molecule has 1 saturated heterocycles. The summed E-state index contributed by atoms with van der Waals surface area (Å²) in [6.07, 6.45) is 2.54. The minimum absolute atomic E-state index is 0.191. The van der Waals surface area contributed by atoms with E-state index in [0.717, 1.165) is 30.8 Å². The minimum atomic E-state index is -0.627. The third-order valence-corrected chi connectivity index (χ3v) is 5.03. The van der Waals surface area contributed by atoms with Gasteiger partial charge in [0.05, 0.1) is 29.8 Å². The zero-order chi connectivity index (χ0) is 14.5. The molecule has 3 heterocycles. The highest BCUT2D eigenvalue weighted by atomic mass is 16.5. The van der Waals surface area contributed by atoms with E-state index >= 15 is 0 Å². The molecule has 1 aromatic rings. The average Bonchev–Trinajstić information content (AvgIpc) is 2.84. The molecule has 0 aromatic carbocycles. The van der Waals surface area contributed by atoms with Crippen molar-refractivity contribution in [1.82, 2.24) is 4.98 Å². The van der Waals surface area contributed by atoms with Crippen LogP contribution in [0.2, 0.25) is 0 Å². The van der Waals surface area contributed by atoms with Crippen LogP contribution >= 0.6 is 0 Å². The summed E-state index contributed by atoms with van der Waals surface area (Å²) in [6.45, 7) is 8.40. The van der Waals surface area contributed by atoms with Gasteiger partial charge in [-0.25, -0.2) is 4.98 Å². The van der Waals surface area contributed by atoms with Gasteiger partial charge < -0.3 is 20.5 Å². The van der Waals surface area contributed by atoms with Gasteiger partial charge in [-0.1, -0.05) is 13.8 Å². The lowest BCUT2D eigenvalue weighted by Crippen LogP contribution is -2.55. The Morgan fingerprint density at radius 1 is 1.40 bits per heavy atom. The summed E-state index contributed by atoms with van der Waals surface area (Å²) in [4.78, 5) is 6.55. The van der Waals surface area contributed by atoms with Gasteiger partial charge in [-0.3, -0.25) is 0 Å². The molecule has 0 spiro atoms. The third kappa shape index (κ3) is 1.92. The second-order valence-corrected chi connectivity index (χ2v) is 6.38. The van der Waals surface area contributed by atoms with Crippen LogP contribution in [0.5, 0.6) is 5.88 Å². The smallest absolute Gasteiger partial charge is 0.218 e. The molecule has 0 aliphatic carbocycles. The molecule has 0 saturated carbocycles. The van der Waals surface area contributed by atoms with Crippen molar-refractivity contribution in [1.29, 1.82) is 0 Å². The first-order valence-electron chi connectivity index (χ1n) is 7.28. The number of anilines is 2. The van der Waals surface area contributed by atoms with Crippen LogP contribution in [0, 0.1) is 11.8 Å². The Morgan fingerprint density at radius 2 is 2.05 bits per heavy atom. The van der Waals surface area contributed by atoms with Crippen LogP contribution < -0.4 is 15.4 Å². The zero-order valence-electron chi connectivity index (χ0n) is 12.4. The molecule has 1 aromatic heterocycles. The van der Waals surface area contributed by atoms with E-state index in [2.05, 4.69) is 23.7 Å². The minimum Gasteiger partial charge on any atom is -0.477 e. The Bertz CT molecular complexity index is 516. The number of fused-ring (bicyclic) bond motifs is 1. The number of pyridine rings is 1. The lowest BCUT2D eigenvalue weighted by molar-refractivity contribution is -0.0503. The predicted octanol–water partition coefficient (Wildman–Crippen LogP) is 1.44. The Morgan fingerprint density at radius 3 is 2.70 bits per heavy atom. The number of nitrogens with zero attached hydrogens (tertiary/aromatic N) is 2. The van der Waals surface area contributed by atoms with E-state index in [4.69, 9.17) is 10.5 Å². The highest BCUT2D eigenvalue weighted by Crippen LogP contribution is 2.41. The standard InChI is InChI=1S/C15H23N3O2/c1-9-7-18(8-10(2)15(9,3)19)13-11-4-5-20-14(11)17-6-12(13)16/h6,9-10,19H,4-5,7-8,16H2,1-3H3/t9-,10+,15-. The van der Waals surface area contributed by atoms with Crippen LogP contribution in [-0.2, 0) is 6.42 Å². The molecular formula is C15H23N3O2. The summed E-state index contributed by atoms with van der Waals surface area (Å²) in [7, 11) is 0. The number of hydrogen-bond donors (Lipinski definition) is 2. The van der Waals surface area contributed by atoms with E-state index in [0.29, 0.717) is 18.2 Å². The number of hydrogen-bond acceptors (Lipinski definition) is 5. The fourth-order valence-electron chi connectivity index (χ4n) is 3.29. The molecule has 0 bridgehead atoms. The molecule has 2 aliphatic rings. The lowest BCUT2D eigenvalue weighted by atomic mass is 9.76. The van der Waals surface area contributed by atoms with Crippen LogP contribution in [0.4, 0.5) is 11.4 Å². The Balaban J connectivity index is 1.97. The van der Waals surface area contributed by atoms with Gasteiger partial charge in [-0.15, -0.1) is 0 Å². The second-order valence-electron chi connectivity index (χ2n) is 6.38. The number of rotatable bonds is 1. The van der Waals surface area contributed by atoms with Crippen molar-refractivity contribution in [3.8, 4) is 5.88 Å². The first-order valence-corrected chi connectivity index (χ1v) is 7.28. The monoisotopic (exact) mass is 277 g/mol. The van der Waals surface area contributed by atoms with Crippen molar-refractivity contribution in [3.63, 3.8) is 0 Å². The molecule has 0 amide bonds. The first kappa shape index (κ1) is 13.5. The molecule has 110 valence electrons. The Labute approximate surface area is 119 Å². The molecule has 3 atom stereocenters. The van der Waals surface area contributed by atoms with Crippen LogP contribution in [0.3, 0.4) is 0 Å². The van der Waals surface area contributed by atoms with Crippen molar-refractivity contribution >= 4 is 11.4 Å². The third-order valence-electron chi connectivity index (χ3n) is 5.03. The largest absolute Gasteiger partial charge is 0.477 e. The van der Waals surface area contributed by atoms with E-state index in [9.17, 15) is 5.11 Å². The van der Waals surface area contributed by atoms with Crippen LogP contribution in [0.1, 0.15) is 26.3 Å². The van der Waals surface area contributed by atoms with E-state index < -0.39 is 5.60 Å². The van der Waals surface area contributed by atoms with Gasteiger partial charge in [0.2, 0.25) is 5.88 Å². The van der Waals surface area contributed by atoms with E-state index in [1.165, 1.54) is 0 Å². The summed E-state index contributed by atoms with van der Waals surface area (Å²) >= 11 is 0. The molecule has 1 fully saturated rings. The number of piperidine rings is 1. The second kappa shape index (κ2) is 4.52. The number of aromatic nitrogens is 1. The van der Waals surface area contributed by atoms with Gasteiger partial charge in [-0.05, 0) is 6.92 Å². The summed E-state index contributed by atoms with van der Waals surface area (Å²) in [5.74, 6) is 1.10. The van der Waals surface area contributed by atoms with E-state index in [-0.39, 0.29) is 11.8 Å². The van der Waals surface area contributed by atoms with Crippen molar-refractivity contribution in [2.24, 2.45) is 11.8 Å². The first-order chi connectivity index (χ1) is 9.41. The van der Waals surface area contributed by atoms with Gasteiger partial charge in [0.15, 0.2) is 0 Å². The highest BCUT2D eigenvalue weighted by Gasteiger charge is 2.41. The quantitative estimate of drug-likeness (QED) is 0.813. The molecule has 0 radical (unpaired) electrons. The van der Waals surface area contributed by atoms with Crippen molar-refractivity contribution in [2.75, 3.05) is 30.3 Å². The molecule has 20 heavy (non-hydrogen) atoms. The summed E-state index contributed by atoms with van der Waals surface area (Å²) in [5.41, 5.74) is 8.41. The number of aliphatic hydroxyl groups is 1. The Kier molecular flexibility index (Phi) is 3.05. The van der Waals surface area contributed by atoms with E-state index in [1.807, 2.05) is 6.92 Å². The molecule has 3 rings (SSSR count). The topological polar surface area (TPSA) is 71.6 Å². The van der Waals surface area contributed by atoms with Gasteiger partial charge in [0.1, 0.15) is 0 Å².